The van der Waals surface area contributed by atoms with Crippen molar-refractivity contribution in [3.63, 3.8) is 0 Å². The number of hydrogen-bond acceptors (Lipinski definition) is 5. The van der Waals surface area contributed by atoms with Gasteiger partial charge in [-0.15, -0.1) is 0 Å². The number of likely N-dealkylation sites (tertiary alicyclic amines) is 1. The summed E-state index contributed by atoms with van der Waals surface area (Å²) in [5.74, 6) is 1.94. The predicted octanol–water partition coefficient (Wildman–Crippen LogP) is 3.92. The molecule has 0 radical (unpaired) electrons. The van der Waals surface area contributed by atoms with Gasteiger partial charge in [0, 0.05) is 31.4 Å². The summed E-state index contributed by atoms with van der Waals surface area (Å²) in [4.78, 5) is 38.2. The van der Waals surface area contributed by atoms with Gasteiger partial charge >= 0.3 is 6.03 Å². The van der Waals surface area contributed by atoms with Crippen LogP contribution in [0.25, 0.3) is 0 Å². The van der Waals surface area contributed by atoms with E-state index < -0.39 is 5.54 Å². The molecule has 0 spiro atoms. The highest BCUT2D eigenvalue weighted by Gasteiger charge is 2.54. The van der Waals surface area contributed by atoms with Gasteiger partial charge < -0.3 is 15.0 Å². The number of benzene rings is 1. The average molecular weight is 482 g/mol. The molecule has 1 atom stereocenters. The quantitative estimate of drug-likeness (QED) is 0.475. The lowest BCUT2D eigenvalue weighted by Gasteiger charge is -2.40. The van der Waals surface area contributed by atoms with Crippen molar-refractivity contribution in [2.24, 2.45) is 5.92 Å². The van der Waals surface area contributed by atoms with Crippen LogP contribution in [0.2, 0.25) is 0 Å². The van der Waals surface area contributed by atoms with Crippen molar-refractivity contribution in [1.29, 1.82) is 0 Å². The number of amides is 3. The van der Waals surface area contributed by atoms with E-state index in [0.29, 0.717) is 19.4 Å². The molecule has 35 heavy (non-hydrogen) atoms. The molecule has 1 aromatic heterocycles. The number of methoxy groups -OCH3 is 1. The highest BCUT2D eigenvalue weighted by molar-refractivity contribution is 6.07. The van der Waals surface area contributed by atoms with Crippen LogP contribution in [0.1, 0.15) is 63.0 Å². The summed E-state index contributed by atoms with van der Waals surface area (Å²) in [5, 5.41) is 3.11. The first-order valence-corrected chi connectivity index (χ1v) is 13.0. The lowest BCUT2D eigenvalue weighted by Crippen LogP contribution is -2.55. The van der Waals surface area contributed by atoms with Gasteiger partial charge in [-0.1, -0.05) is 32.4 Å². The largest absolute Gasteiger partial charge is 0.497 e. The van der Waals surface area contributed by atoms with Gasteiger partial charge in [0.1, 0.15) is 17.1 Å². The summed E-state index contributed by atoms with van der Waals surface area (Å²) in [6.45, 7) is 7.25. The Morgan fingerprint density at radius 3 is 2.51 bits per heavy atom. The molecule has 2 fully saturated rings. The maximum Gasteiger partial charge on any atom is 0.325 e. The fourth-order valence-electron chi connectivity index (χ4n) is 5.47. The summed E-state index contributed by atoms with van der Waals surface area (Å²) in [7, 11) is 1.64. The van der Waals surface area contributed by atoms with E-state index in [1.54, 1.807) is 7.11 Å². The maximum atomic E-state index is 13.5. The molecule has 2 aromatic rings. The minimum absolute atomic E-state index is 0.0638. The Kier molecular flexibility index (Phi) is 8.11. The molecule has 3 amide bonds. The molecule has 2 saturated heterocycles. The normalized spacial score (nSPS) is 21.5. The molecule has 8 nitrogen and oxygen atoms in total. The van der Waals surface area contributed by atoms with Gasteiger partial charge in [-0.2, -0.15) is 0 Å². The van der Waals surface area contributed by atoms with Gasteiger partial charge in [-0.3, -0.25) is 14.6 Å². The molecule has 2 aliphatic rings. The van der Waals surface area contributed by atoms with Crippen molar-refractivity contribution < 1.29 is 14.3 Å². The second-order valence-electron chi connectivity index (χ2n) is 9.82. The van der Waals surface area contributed by atoms with Crippen LogP contribution in [-0.4, -0.2) is 64.0 Å². The third-order valence-corrected chi connectivity index (χ3v) is 7.67. The number of imide groups is 1. The van der Waals surface area contributed by atoms with Crippen molar-refractivity contribution >= 4 is 11.9 Å². The van der Waals surface area contributed by atoms with Crippen LogP contribution in [0, 0.1) is 5.92 Å². The number of carbonyl (C=O) groups excluding carboxylic acids is 2. The van der Waals surface area contributed by atoms with E-state index in [4.69, 9.17) is 4.74 Å². The number of aryl methyl sites for hydroxylation is 1. The highest BCUT2D eigenvalue weighted by Crippen LogP contribution is 2.36. The van der Waals surface area contributed by atoms with Gasteiger partial charge in [0.05, 0.1) is 7.11 Å². The van der Waals surface area contributed by atoms with Crippen LogP contribution >= 0.6 is 0 Å². The Labute approximate surface area is 208 Å². The second-order valence-corrected chi connectivity index (χ2v) is 9.82. The highest BCUT2D eigenvalue weighted by atomic mass is 16.5. The van der Waals surface area contributed by atoms with E-state index in [1.165, 1.54) is 4.90 Å². The molecule has 0 aliphatic carbocycles. The fraction of sp³-hybridized carbons (Fsp3) is 0.593. The van der Waals surface area contributed by atoms with Crippen molar-refractivity contribution in [3.8, 4) is 5.75 Å². The first-order valence-electron chi connectivity index (χ1n) is 13.0. The number of nitrogens with zero attached hydrogens (tertiary/aromatic N) is 3. The van der Waals surface area contributed by atoms with Gasteiger partial charge in [0.15, 0.2) is 0 Å². The molecule has 0 saturated carbocycles. The van der Waals surface area contributed by atoms with E-state index in [2.05, 4.69) is 27.1 Å². The lowest BCUT2D eigenvalue weighted by atomic mass is 9.75. The van der Waals surface area contributed by atoms with Crippen LogP contribution in [0.5, 0.6) is 5.75 Å². The molecule has 2 aliphatic heterocycles. The molecule has 0 unspecified atom stereocenters. The molecule has 1 aromatic carbocycles. The number of aromatic nitrogens is 2. The Morgan fingerprint density at radius 1 is 1.11 bits per heavy atom. The molecule has 3 heterocycles. The van der Waals surface area contributed by atoms with Crippen molar-refractivity contribution in [1.82, 2.24) is 25.1 Å². The van der Waals surface area contributed by atoms with Crippen LogP contribution in [0.15, 0.2) is 30.5 Å². The van der Waals surface area contributed by atoms with Crippen molar-refractivity contribution in [2.45, 2.75) is 70.9 Å². The molecule has 2 N–H and O–H groups in total. The smallest absolute Gasteiger partial charge is 0.325 e. The van der Waals surface area contributed by atoms with E-state index in [-0.39, 0.29) is 17.9 Å². The summed E-state index contributed by atoms with van der Waals surface area (Å²) < 4.78 is 5.21. The van der Waals surface area contributed by atoms with Gasteiger partial charge in [-0.05, 0) is 68.8 Å². The average Bonchev–Trinajstić information content (AvgIpc) is 3.43. The fourth-order valence-corrected chi connectivity index (χ4v) is 5.47. The monoisotopic (exact) mass is 481 g/mol. The zero-order valence-electron chi connectivity index (χ0n) is 21.3. The van der Waals surface area contributed by atoms with Crippen molar-refractivity contribution in [2.75, 3.05) is 26.7 Å². The Morgan fingerprint density at radius 2 is 1.86 bits per heavy atom. The predicted molar refractivity (Wildman–Crippen MR) is 135 cm³/mol. The number of imidazole rings is 1. The number of piperidine rings is 1. The van der Waals surface area contributed by atoms with Gasteiger partial charge in [0.2, 0.25) is 0 Å². The lowest BCUT2D eigenvalue weighted by molar-refractivity contribution is -0.134. The summed E-state index contributed by atoms with van der Waals surface area (Å²) in [6, 6.07) is 7.50. The van der Waals surface area contributed by atoms with E-state index in [0.717, 1.165) is 74.6 Å². The maximum absolute atomic E-state index is 13.5. The SMILES string of the molecule is CCCCc1ncc(CN2CCC([C@@]3(CC)NC(=O)N(CCc4ccc(OC)cc4)C3=O)CC2)[nH]1. The number of aromatic amines is 1. The zero-order chi connectivity index (χ0) is 24.8. The third-order valence-electron chi connectivity index (χ3n) is 7.67. The van der Waals surface area contributed by atoms with E-state index in [9.17, 15) is 9.59 Å². The van der Waals surface area contributed by atoms with Crippen molar-refractivity contribution in [3.05, 3.63) is 47.5 Å². The first kappa shape index (κ1) is 25.2. The number of carbonyl (C=O) groups is 2. The number of ether oxygens (including phenoxy) is 1. The molecule has 0 bridgehead atoms. The molecule has 190 valence electrons. The third kappa shape index (κ3) is 5.53. The van der Waals surface area contributed by atoms with Gasteiger partial charge in [-0.25, -0.2) is 9.78 Å². The summed E-state index contributed by atoms with van der Waals surface area (Å²) >= 11 is 0. The number of hydrogen-bond donors (Lipinski definition) is 2. The summed E-state index contributed by atoms with van der Waals surface area (Å²) in [5.41, 5.74) is 1.43. The number of urea groups is 1. The number of H-pyrrole nitrogens is 1. The minimum Gasteiger partial charge on any atom is -0.497 e. The minimum atomic E-state index is -0.787. The van der Waals surface area contributed by atoms with Crippen LogP contribution < -0.4 is 10.1 Å². The first-order chi connectivity index (χ1) is 17.0. The number of rotatable bonds is 11. The van der Waals surface area contributed by atoms with E-state index in [1.807, 2.05) is 37.4 Å². The zero-order valence-corrected chi connectivity index (χ0v) is 21.3. The topological polar surface area (TPSA) is 90.6 Å². The Hall–Kier alpha value is -2.87. The molecular formula is C27H39N5O3. The molecule has 4 rings (SSSR count). The Balaban J connectivity index is 1.33. The Bertz CT molecular complexity index is 997. The number of nitrogens with one attached hydrogen (secondary N) is 2. The standard InChI is InChI=1S/C27H39N5O3/c1-4-6-7-24-28-18-22(29-24)19-31-15-13-21(14-16-31)27(5-2)25(33)32(26(34)30-27)17-12-20-8-10-23(35-3)11-9-20/h8-11,18,21H,4-7,12-17,19H2,1-3H3,(H,28,29)(H,30,34)/t27-/m1/s1. The number of unbranched alkanes of at least 4 members (excludes halogenated alkanes) is 1. The summed E-state index contributed by atoms with van der Waals surface area (Å²) in [6.07, 6.45) is 8.28. The van der Waals surface area contributed by atoms with E-state index >= 15 is 0 Å². The van der Waals surface area contributed by atoms with Crippen LogP contribution in [-0.2, 0) is 24.2 Å². The van der Waals surface area contributed by atoms with Gasteiger partial charge in [0.25, 0.3) is 5.91 Å². The molecule has 8 heteroatoms. The van der Waals surface area contributed by atoms with Crippen LogP contribution in [0.3, 0.4) is 0 Å². The van der Waals surface area contributed by atoms with Crippen LogP contribution in [0.4, 0.5) is 4.79 Å². The molecular weight excluding hydrogens is 442 g/mol. The second kappa shape index (κ2) is 11.2.